The molecule has 0 saturated heterocycles. The van der Waals surface area contributed by atoms with Crippen LogP contribution < -0.4 is 9.47 Å². The van der Waals surface area contributed by atoms with Crippen molar-refractivity contribution in [3.8, 4) is 11.5 Å². The molecule has 0 fully saturated rings. The molecule has 0 radical (unpaired) electrons. The molecule has 116 valence electrons. The van der Waals surface area contributed by atoms with Gasteiger partial charge in [0.1, 0.15) is 5.84 Å². The molecule has 0 unspecified atom stereocenters. The topological polar surface area (TPSA) is 54.3 Å². The number of amidine groups is 1. The standard InChI is InChI=1S/C18H16N2O3/c21-18(12-6-7-15-16(10-12)23-11-22-15)14-5-2-1-4-13(14)17-19-8-3-9-20(17)18/h1-2,4-7,10,21H,3,8-9,11H2/t18-/m1/s1. The highest BCUT2D eigenvalue weighted by molar-refractivity contribution is 6.04. The molecule has 1 N–H and O–H groups in total. The number of hydrogen-bond acceptors (Lipinski definition) is 5. The first kappa shape index (κ1) is 13.0. The maximum absolute atomic E-state index is 11.7. The van der Waals surface area contributed by atoms with Crippen LogP contribution >= 0.6 is 0 Å². The van der Waals surface area contributed by atoms with Crippen LogP contribution in [0.5, 0.6) is 11.5 Å². The van der Waals surface area contributed by atoms with E-state index in [9.17, 15) is 5.11 Å². The second-order valence-corrected chi connectivity index (χ2v) is 6.00. The Morgan fingerprint density at radius 2 is 1.96 bits per heavy atom. The number of benzene rings is 2. The van der Waals surface area contributed by atoms with Gasteiger partial charge < -0.3 is 19.5 Å². The van der Waals surface area contributed by atoms with E-state index < -0.39 is 5.72 Å². The molecule has 23 heavy (non-hydrogen) atoms. The Hall–Kier alpha value is -2.53. The third kappa shape index (κ3) is 1.63. The smallest absolute Gasteiger partial charge is 0.231 e. The van der Waals surface area contributed by atoms with Gasteiger partial charge in [0, 0.05) is 29.8 Å². The van der Waals surface area contributed by atoms with Crippen LogP contribution in [0.15, 0.2) is 47.5 Å². The summed E-state index contributed by atoms with van der Waals surface area (Å²) in [5.41, 5.74) is 1.45. The fraction of sp³-hybridized carbons (Fsp3) is 0.278. The molecule has 5 heteroatoms. The predicted molar refractivity (Wildman–Crippen MR) is 84.7 cm³/mol. The van der Waals surface area contributed by atoms with E-state index in [0.717, 1.165) is 47.8 Å². The number of aliphatic hydroxyl groups is 1. The van der Waals surface area contributed by atoms with Gasteiger partial charge in [0.2, 0.25) is 6.79 Å². The molecule has 0 saturated carbocycles. The van der Waals surface area contributed by atoms with Crippen molar-refractivity contribution in [2.24, 2.45) is 4.99 Å². The minimum Gasteiger partial charge on any atom is -0.454 e. The maximum atomic E-state index is 11.7. The van der Waals surface area contributed by atoms with Gasteiger partial charge in [-0.2, -0.15) is 0 Å². The highest BCUT2D eigenvalue weighted by Crippen LogP contribution is 2.46. The van der Waals surface area contributed by atoms with Crippen molar-refractivity contribution in [1.29, 1.82) is 0 Å². The summed E-state index contributed by atoms with van der Waals surface area (Å²) in [6, 6.07) is 13.6. The zero-order chi connectivity index (χ0) is 15.4. The van der Waals surface area contributed by atoms with Crippen molar-refractivity contribution in [1.82, 2.24) is 4.90 Å². The third-order valence-corrected chi connectivity index (χ3v) is 4.77. The summed E-state index contributed by atoms with van der Waals surface area (Å²) >= 11 is 0. The Morgan fingerprint density at radius 1 is 1.09 bits per heavy atom. The van der Waals surface area contributed by atoms with Gasteiger partial charge in [0.25, 0.3) is 0 Å². The van der Waals surface area contributed by atoms with Gasteiger partial charge in [-0.05, 0) is 24.6 Å². The van der Waals surface area contributed by atoms with Gasteiger partial charge >= 0.3 is 0 Å². The summed E-state index contributed by atoms with van der Waals surface area (Å²) in [7, 11) is 0. The summed E-state index contributed by atoms with van der Waals surface area (Å²) in [6.07, 6.45) is 0.935. The second-order valence-electron chi connectivity index (χ2n) is 6.00. The van der Waals surface area contributed by atoms with Crippen LogP contribution in [0, 0.1) is 0 Å². The Labute approximate surface area is 133 Å². The maximum Gasteiger partial charge on any atom is 0.231 e. The van der Waals surface area contributed by atoms with Crippen molar-refractivity contribution in [2.75, 3.05) is 19.9 Å². The lowest BCUT2D eigenvalue weighted by molar-refractivity contribution is -0.0319. The zero-order valence-corrected chi connectivity index (χ0v) is 12.5. The van der Waals surface area contributed by atoms with E-state index in [0.29, 0.717) is 5.75 Å². The first-order chi connectivity index (χ1) is 11.3. The molecule has 0 aromatic heterocycles. The van der Waals surface area contributed by atoms with Crippen molar-refractivity contribution in [3.63, 3.8) is 0 Å². The van der Waals surface area contributed by atoms with Crippen LogP contribution in [0.25, 0.3) is 0 Å². The molecule has 0 aliphatic carbocycles. The third-order valence-electron chi connectivity index (χ3n) is 4.77. The minimum absolute atomic E-state index is 0.226. The highest BCUT2D eigenvalue weighted by atomic mass is 16.7. The van der Waals surface area contributed by atoms with E-state index in [4.69, 9.17) is 9.47 Å². The summed E-state index contributed by atoms with van der Waals surface area (Å²) in [6.45, 7) is 1.81. The number of nitrogens with zero attached hydrogens (tertiary/aromatic N) is 2. The zero-order valence-electron chi connectivity index (χ0n) is 12.5. The summed E-state index contributed by atoms with van der Waals surface area (Å²) < 4.78 is 10.9. The lowest BCUT2D eigenvalue weighted by Crippen LogP contribution is -2.47. The molecule has 3 aliphatic rings. The van der Waals surface area contributed by atoms with E-state index in [2.05, 4.69) is 4.99 Å². The van der Waals surface area contributed by atoms with E-state index in [1.54, 1.807) is 0 Å². The molecule has 3 aliphatic heterocycles. The largest absolute Gasteiger partial charge is 0.454 e. The lowest BCUT2D eigenvalue weighted by atomic mass is 9.93. The molecular formula is C18H16N2O3. The van der Waals surface area contributed by atoms with Crippen molar-refractivity contribution in [2.45, 2.75) is 12.1 Å². The molecule has 0 amide bonds. The normalized spacial score (nSPS) is 24.2. The molecule has 2 aromatic rings. The number of aliphatic imine (C=N–C) groups is 1. The average molecular weight is 308 g/mol. The van der Waals surface area contributed by atoms with Crippen LogP contribution in [0.4, 0.5) is 0 Å². The van der Waals surface area contributed by atoms with E-state index in [-0.39, 0.29) is 6.79 Å². The number of fused-ring (bicyclic) bond motifs is 4. The van der Waals surface area contributed by atoms with Crippen LogP contribution in [-0.4, -0.2) is 35.7 Å². The summed E-state index contributed by atoms with van der Waals surface area (Å²) in [5, 5.41) is 11.7. The first-order valence-corrected chi connectivity index (χ1v) is 7.83. The van der Waals surface area contributed by atoms with Gasteiger partial charge in [-0.3, -0.25) is 4.99 Å². The minimum atomic E-state index is -1.21. The molecule has 0 spiro atoms. The Bertz CT molecular complexity index is 833. The second kappa shape index (κ2) is 4.49. The Balaban J connectivity index is 1.74. The van der Waals surface area contributed by atoms with E-state index >= 15 is 0 Å². The molecular weight excluding hydrogens is 292 g/mol. The van der Waals surface area contributed by atoms with Gasteiger partial charge in [0.15, 0.2) is 17.2 Å². The monoisotopic (exact) mass is 308 g/mol. The lowest BCUT2D eigenvalue weighted by Gasteiger charge is -2.37. The number of hydrogen-bond donors (Lipinski definition) is 1. The van der Waals surface area contributed by atoms with Crippen LogP contribution in [0.2, 0.25) is 0 Å². The van der Waals surface area contributed by atoms with Gasteiger partial charge in [-0.15, -0.1) is 0 Å². The van der Waals surface area contributed by atoms with Gasteiger partial charge in [-0.1, -0.05) is 24.3 Å². The van der Waals surface area contributed by atoms with Gasteiger partial charge in [0.05, 0.1) is 0 Å². The van der Waals surface area contributed by atoms with E-state index in [1.807, 2.05) is 47.4 Å². The van der Waals surface area contributed by atoms with Crippen LogP contribution in [0.3, 0.4) is 0 Å². The van der Waals surface area contributed by atoms with Crippen molar-refractivity contribution >= 4 is 5.84 Å². The average Bonchev–Trinajstić information content (AvgIpc) is 3.17. The predicted octanol–water partition coefficient (Wildman–Crippen LogP) is 2.07. The SMILES string of the molecule is O[C@]1(c2ccc3c(c2)OCO3)c2ccccc2C2=NCCCN21. The fourth-order valence-electron chi connectivity index (χ4n) is 3.70. The molecule has 5 nitrogen and oxygen atoms in total. The molecule has 5 rings (SSSR count). The molecule has 3 heterocycles. The summed E-state index contributed by atoms with van der Waals surface area (Å²) in [4.78, 5) is 6.65. The van der Waals surface area contributed by atoms with Crippen molar-refractivity contribution < 1.29 is 14.6 Å². The van der Waals surface area contributed by atoms with Crippen LogP contribution in [-0.2, 0) is 5.72 Å². The van der Waals surface area contributed by atoms with Crippen molar-refractivity contribution in [3.05, 3.63) is 59.2 Å². The molecule has 0 bridgehead atoms. The molecule has 2 aromatic carbocycles. The van der Waals surface area contributed by atoms with Crippen LogP contribution in [0.1, 0.15) is 23.1 Å². The van der Waals surface area contributed by atoms with Gasteiger partial charge in [-0.25, -0.2) is 0 Å². The summed E-state index contributed by atoms with van der Waals surface area (Å²) in [5.74, 6) is 2.28. The van der Waals surface area contributed by atoms with E-state index in [1.165, 1.54) is 0 Å². The number of rotatable bonds is 1. The Kier molecular flexibility index (Phi) is 2.53. The first-order valence-electron chi connectivity index (χ1n) is 7.83. The number of ether oxygens (including phenoxy) is 2. The molecule has 1 atom stereocenters. The quantitative estimate of drug-likeness (QED) is 0.876. The highest BCUT2D eigenvalue weighted by Gasteiger charge is 2.49. The fourth-order valence-corrected chi connectivity index (χ4v) is 3.70. The Morgan fingerprint density at radius 3 is 2.91 bits per heavy atom.